The molecule has 0 heterocycles. The van der Waals surface area contributed by atoms with Crippen LogP contribution in [0.3, 0.4) is 0 Å². The Hall–Kier alpha value is -2.24. The van der Waals surface area contributed by atoms with E-state index in [2.05, 4.69) is 24.1 Å². The minimum atomic E-state index is 0.105. The molecule has 0 aliphatic heterocycles. The Balaban J connectivity index is 1.78. The van der Waals surface area contributed by atoms with Crippen molar-refractivity contribution in [1.82, 2.24) is 0 Å². The van der Waals surface area contributed by atoms with E-state index in [0.29, 0.717) is 12.2 Å². The number of allylic oxidation sites excluding steroid dienone is 2. The number of fused-ring (bicyclic) bond motifs is 1. The second-order valence-corrected chi connectivity index (χ2v) is 6.13. The van der Waals surface area contributed by atoms with Crippen LogP contribution in [0.2, 0.25) is 0 Å². The fourth-order valence-corrected chi connectivity index (χ4v) is 3.11. The summed E-state index contributed by atoms with van der Waals surface area (Å²) >= 11 is 1.65. The molecule has 0 atom stereocenters. The van der Waals surface area contributed by atoms with Gasteiger partial charge >= 0.3 is 0 Å². The van der Waals surface area contributed by atoms with Gasteiger partial charge in [0, 0.05) is 28.9 Å². The van der Waals surface area contributed by atoms with E-state index in [1.807, 2.05) is 42.8 Å². The zero-order valence-corrected chi connectivity index (χ0v) is 12.9. The van der Waals surface area contributed by atoms with Gasteiger partial charge in [-0.25, -0.2) is 0 Å². The molecule has 0 fully saturated rings. The highest BCUT2D eigenvalue weighted by atomic mass is 32.2. The zero-order valence-electron chi connectivity index (χ0n) is 12.1. The molecule has 0 bridgehead atoms. The van der Waals surface area contributed by atoms with Gasteiger partial charge in [0.25, 0.3) is 0 Å². The molecule has 0 aromatic heterocycles. The van der Waals surface area contributed by atoms with Gasteiger partial charge in [-0.1, -0.05) is 48.4 Å². The highest BCUT2D eigenvalue weighted by Gasteiger charge is 2.18. The number of carbonyl (C=O) groups excluding carboxylic acids is 1. The number of Topliss-reactive ketones (excluding diaryl/α,β-unsaturated/α-hetero) is 1. The Bertz CT molecular complexity index is 766. The number of hydrogen-bond acceptors (Lipinski definition) is 2. The Morgan fingerprint density at radius 2 is 2.00 bits per heavy atom. The third-order valence-electron chi connectivity index (χ3n) is 3.61. The van der Waals surface area contributed by atoms with Crippen LogP contribution in [-0.4, -0.2) is 11.5 Å². The molecule has 0 saturated heterocycles. The summed E-state index contributed by atoms with van der Waals surface area (Å²) in [7, 11) is 0. The number of ketones is 1. The Labute approximate surface area is 135 Å². The zero-order chi connectivity index (χ0) is 15.4. The van der Waals surface area contributed by atoms with Gasteiger partial charge in [0.1, 0.15) is 0 Å². The average Bonchev–Trinajstić information content (AvgIpc) is 2.59. The normalized spacial score (nSPS) is 13.0. The van der Waals surface area contributed by atoms with E-state index in [1.54, 1.807) is 11.8 Å². The van der Waals surface area contributed by atoms with Crippen molar-refractivity contribution in [2.24, 2.45) is 0 Å². The molecule has 0 saturated carbocycles. The van der Waals surface area contributed by atoms with Crippen LogP contribution in [-0.2, 0) is 6.42 Å². The molecule has 107 valence electrons. The van der Waals surface area contributed by atoms with E-state index in [0.717, 1.165) is 11.1 Å². The summed E-state index contributed by atoms with van der Waals surface area (Å²) in [6.07, 6.45) is 9.94. The molecule has 1 radical (unpaired) electrons. The van der Waals surface area contributed by atoms with Gasteiger partial charge in [0.15, 0.2) is 5.78 Å². The van der Waals surface area contributed by atoms with Crippen LogP contribution in [0.4, 0.5) is 0 Å². The smallest absolute Gasteiger partial charge is 0.189 e. The third-order valence-corrected chi connectivity index (χ3v) is 4.51. The van der Waals surface area contributed by atoms with Gasteiger partial charge in [-0.3, -0.25) is 4.79 Å². The van der Waals surface area contributed by atoms with Gasteiger partial charge in [0.2, 0.25) is 0 Å². The van der Waals surface area contributed by atoms with Crippen molar-refractivity contribution in [3.63, 3.8) is 0 Å². The number of benzene rings is 2. The molecule has 0 spiro atoms. The van der Waals surface area contributed by atoms with Gasteiger partial charge in [-0.05, 0) is 23.3 Å². The van der Waals surface area contributed by atoms with Gasteiger partial charge in [0.05, 0.1) is 5.75 Å². The topological polar surface area (TPSA) is 17.1 Å². The highest BCUT2D eigenvalue weighted by molar-refractivity contribution is 7.99. The SMILES string of the molecule is C#CCSc1ccc2c(c1)[CH]C=C(C(=O)c1ccccc1)C2. The first-order chi connectivity index (χ1) is 10.8. The summed E-state index contributed by atoms with van der Waals surface area (Å²) in [6.45, 7) is 0. The number of carbonyl (C=O) groups is 1. The standard InChI is InChI=1S/C20H15OS/c1-2-12-22-19-11-10-16-13-18(9-8-17(16)14-19)20(21)15-6-4-3-5-7-15/h1,3-11,14H,12-13H2. The van der Waals surface area contributed by atoms with Crippen LogP contribution in [0.1, 0.15) is 21.5 Å². The van der Waals surface area contributed by atoms with Crippen molar-refractivity contribution in [3.8, 4) is 12.3 Å². The van der Waals surface area contributed by atoms with Gasteiger partial charge in [-0.2, -0.15) is 0 Å². The lowest BCUT2D eigenvalue weighted by Gasteiger charge is -2.17. The third kappa shape index (κ3) is 3.16. The molecule has 2 aromatic carbocycles. The lowest BCUT2D eigenvalue weighted by atomic mass is 9.88. The summed E-state index contributed by atoms with van der Waals surface area (Å²) in [6, 6.07) is 15.7. The molecule has 22 heavy (non-hydrogen) atoms. The Kier molecular flexibility index (Phi) is 4.46. The summed E-state index contributed by atoms with van der Waals surface area (Å²) in [5, 5.41) is 0. The lowest BCUT2D eigenvalue weighted by Crippen LogP contribution is -2.11. The van der Waals surface area contributed by atoms with Crippen molar-refractivity contribution >= 4 is 17.5 Å². The monoisotopic (exact) mass is 303 g/mol. The number of hydrogen-bond donors (Lipinski definition) is 0. The fraction of sp³-hybridized carbons (Fsp3) is 0.100. The van der Waals surface area contributed by atoms with E-state index >= 15 is 0 Å². The first-order valence-electron chi connectivity index (χ1n) is 7.11. The molecule has 1 aliphatic carbocycles. The van der Waals surface area contributed by atoms with Crippen LogP contribution in [0.5, 0.6) is 0 Å². The number of terminal acetylenes is 1. The van der Waals surface area contributed by atoms with Crippen molar-refractivity contribution in [2.45, 2.75) is 11.3 Å². The molecule has 2 aromatic rings. The van der Waals surface area contributed by atoms with Crippen LogP contribution in [0.25, 0.3) is 0 Å². The van der Waals surface area contributed by atoms with E-state index < -0.39 is 0 Å². The average molecular weight is 303 g/mol. The maximum atomic E-state index is 12.5. The van der Waals surface area contributed by atoms with E-state index in [4.69, 9.17) is 6.42 Å². The van der Waals surface area contributed by atoms with E-state index in [1.165, 1.54) is 16.0 Å². The second kappa shape index (κ2) is 6.68. The second-order valence-electron chi connectivity index (χ2n) is 5.08. The molecule has 2 heteroatoms. The molecule has 1 aliphatic rings. The fourth-order valence-electron chi connectivity index (χ4n) is 2.49. The van der Waals surface area contributed by atoms with Crippen molar-refractivity contribution in [1.29, 1.82) is 0 Å². The van der Waals surface area contributed by atoms with Crippen molar-refractivity contribution < 1.29 is 4.79 Å². The first kappa shape index (κ1) is 14.7. The Morgan fingerprint density at radius 1 is 1.18 bits per heavy atom. The molecule has 0 amide bonds. The molecule has 0 unspecified atom stereocenters. The first-order valence-corrected chi connectivity index (χ1v) is 8.09. The molecule has 3 rings (SSSR count). The quantitative estimate of drug-likeness (QED) is 0.475. The number of thioether (sulfide) groups is 1. The van der Waals surface area contributed by atoms with Crippen molar-refractivity contribution in [2.75, 3.05) is 5.75 Å². The number of rotatable bonds is 4. The summed E-state index contributed by atoms with van der Waals surface area (Å²) in [5.41, 5.74) is 3.94. The Morgan fingerprint density at radius 3 is 2.77 bits per heavy atom. The van der Waals surface area contributed by atoms with Crippen LogP contribution in [0.15, 0.2) is 65.1 Å². The summed E-state index contributed by atoms with van der Waals surface area (Å²) in [4.78, 5) is 13.7. The molecular weight excluding hydrogens is 288 g/mol. The van der Waals surface area contributed by atoms with Gasteiger partial charge < -0.3 is 0 Å². The largest absolute Gasteiger partial charge is 0.289 e. The minimum absolute atomic E-state index is 0.105. The predicted octanol–water partition coefficient (Wildman–Crippen LogP) is 4.33. The summed E-state index contributed by atoms with van der Waals surface area (Å²) < 4.78 is 0. The van der Waals surface area contributed by atoms with Crippen LogP contribution in [0, 0.1) is 18.8 Å². The maximum absolute atomic E-state index is 12.5. The highest BCUT2D eigenvalue weighted by Crippen LogP contribution is 2.28. The van der Waals surface area contributed by atoms with Crippen molar-refractivity contribution in [3.05, 3.63) is 83.3 Å². The van der Waals surface area contributed by atoms with E-state index in [-0.39, 0.29) is 5.78 Å². The lowest BCUT2D eigenvalue weighted by molar-refractivity contribution is 0.103. The molecular formula is C20H15OS. The predicted molar refractivity (Wildman–Crippen MR) is 92.0 cm³/mol. The summed E-state index contributed by atoms with van der Waals surface area (Å²) in [5.74, 6) is 3.41. The van der Waals surface area contributed by atoms with Gasteiger partial charge in [-0.15, -0.1) is 18.2 Å². The van der Waals surface area contributed by atoms with Crippen LogP contribution < -0.4 is 0 Å². The molecule has 1 nitrogen and oxygen atoms in total. The van der Waals surface area contributed by atoms with E-state index in [9.17, 15) is 4.79 Å². The van der Waals surface area contributed by atoms with Crippen LogP contribution >= 0.6 is 11.8 Å². The molecule has 0 N–H and O–H groups in total. The minimum Gasteiger partial charge on any atom is -0.289 e. The maximum Gasteiger partial charge on any atom is 0.189 e.